The number of nitro groups is 1. The van der Waals surface area contributed by atoms with E-state index in [0.29, 0.717) is 16.7 Å². The summed E-state index contributed by atoms with van der Waals surface area (Å²) in [6.45, 7) is 3.78. The lowest BCUT2D eigenvalue weighted by Crippen LogP contribution is -2.19. The van der Waals surface area contributed by atoms with Crippen molar-refractivity contribution in [3.63, 3.8) is 0 Å². The van der Waals surface area contributed by atoms with E-state index in [1.807, 2.05) is 12.1 Å². The Morgan fingerprint density at radius 2 is 1.88 bits per heavy atom. The van der Waals surface area contributed by atoms with Crippen LogP contribution >= 0.6 is 0 Å². The van der Waals surface area contributed by atoms with Gasteiger partial charge >= 0.3 is 0 Å². The summed E-state index contributed by atoms with van der Waals surface area (Å²) in [5.74, 6) is -0.323. The van der Waals surface area contributed by atoms with E-state index in [1.54, 1.807) is 31.2 Å². The molecular weight excluding hydrogens is 332 g/mol. The lowest BCUT2D eigenvalue weighted by Gasteiger charge is -2.17. The minimum absolute atomic E-state index is 0.0257. The van der Waals surface area contributed by atoms with Crippen LogP contribution in [0.15, 0.2) is 47.6 Å². The second-order valence-electron chi connectivity index (χ2n) is 6.24. The van der Waals surface area contributed by atoms with E-state index in [9.17, 15) is 14.9 Å². The predicted octanol–water partition coefficient (Wildman–Crippen LogP) is 3.27. The van der Waals surface area contributed by atoms with Gasteiger partial charge in [-0.3, -0.25) is 14.9 Å². The number of hydrogen-bond acceptors (Lipinski definition) is 5. The van der Waals surface area contributed by atoms with Gasteiger partial charge in [0.25, 0.3) is 11.6 Å². The zero-order valence-corrected chi connectivity index (χ0v) is 14.5. The Morgan fingerprint density at radius 1 is 1.19 bits per heavy atom. The van der Waals surface area contributed by atoms with Crippen molar-refractivity contribution in [1.82, 2.24) is 5.43 Å². The van der Waals surface area contributed by atoms with Crippen LogP contribution in [0.1, 0.15) is 34.3 Å². The molecule has 0 bridgehead atoms. The molecule has 1 aliphatic rings. The van der Waals surface area contributed by atoms with Crippen molar-refractivity contribution in [2.75, 3.05) is 18.0 Å². The first-order valence-electron chi connectivity index (χ1n) is 8.48. The lowest BCUT2D eigenvalue weighted by atomic mass is 10.1. The summed E-state index contributed by atoms with van der Waals surface area (Å²) in [5.41, 5.74) is 5.23. The number of benzene rings is 2. The van der Waals surface area contributed by atoms with E-state index in [0.717, 1.165) is 18.8 Å². The van der Waals surface area contributed by atoms with E-state index in [1.165, 1.54) is 25.1 Å². The third-order valence-corrected chi connectivity index (χ3v) is 4.41. The van der Waals surface area contributed by atoms with Gasteiger partial charge in [0.15, 0.2) is 0 Å². The van der Waals surface area contributed by atoms with Crippen LogP contribution in [-0.4, -0.2) is 30.1 Å². The molecule has 0 atom stereocenters. The molecule has 2 aromatic rings. The molecule has 0 spiro atoms. The summed E-state index contributed by atoms with van der Waals surface area (Å²) in [6.07, 6.45) is 3.80. The van der Waals surface area contributed by atoms with Crippen LogP contribution in [0.3, 0.4) is 0 Å². The minimum Gasteiger partial charge on any atom is -0.372 e. The Labute approximate surface area is 151 Å². The van der Waals surface area contributed by atoms with Gasteiger partial charge in [0.05, 0.1) is 11.1 Å². The highest BCUT2D eigenvalue weighted by Gasteiger charge is 2.13. The van der Waals surface area contributed by atoms with Crippen LogP contribution in [0.25, 0.3) is 0 Å². The molecule has 3 rings (SSSR count). The maximum absolute atomic E-state index is 12.2. The van der Waals surface area contributed by atoms with Gasteiger partial charge in [0.1, 0.15) is 0 Å². The molecule has 0 aromatic heterocycles. The topological polar surface area (TPSA) is 87.8 Å². The molecule has 26 heavy (non-hydrogen) atoms. The Hall–Kier alpha value is -3.22. The Morgan fingerprint density at radius 3 is 2.54 bits per heavy atom. The molecule has 1 heterocycles. The molecule has 1 aliphatic heterocycles. The number of anilines is 1. The van der Waals surface area contributed by atoms with Gasteiger partial charge in [-0.15, -0.1) is 0 Å². The van der Waals surface area contributed by atoms with Crippen molar-refractivity contribution >= 4 is 23.5 Å². The highest BCUT2D eigenvalue weighted by atomic mass is 16.6. The number of nitrogens with zero attached hydrogens (tertiary/aromatic N) is 3. The second-order valence-corrected chi connectivity index (χ2v) is 6.24. The molecule has 1 N–H and O–H groups in total. The van der Waals surface area contributed by atoms with E-state index in [4.69, 9.17) is 0 Å². The average Bonchev–Trinajstić information content (AvgIpc) is 3.17. The highest BCUT2D eigenvalue weighted by molar-refractivity contribution is 5.95. The van der Waals surface area contributed by atoms with Gasteiger partial charge in [-0.25, -0.2) is 5.43 Å². The summed E-state index contributed by atoms with van der Waals surface area (Å²) in [7, 11) is 0. The molecule has 0 unspecified atom stereocenters. The van der Waals surface area contributed by atoms with Gasteiger partial charge in [0, 0.05) is 41.5 Å². The van der Waals surface area contributed by atoms with Crippen LogP contribution < -0.4 is 10.3 Å². The fourth-order valence-corrected chi connectivity index (χ4v) is 2.93. The summed E-state index contributed by atoms with van der Waals surface area (Å²) >= 11 is 0. The minimum atomic E-state index is -0.437. The fraction of sp³-hybridized carbons (Fsp3) is 0.263. The van der Waals surface area contributed by atoms with Crippen molar-refractivity contribution in [3.8, 4) is 0 Å². The smallest absolute Gasteiger partial charge is 0.272 e. The first kappa shape index (κ1) is 17.6. The molecule has 0 aliphatic carbocycles. The van der Waals surface area contributed by atoms with Crippen LogP contribution in [0, 0.1) is 17.0 Å². The van der Waals surface area contributed by atoms with Gasteiger partial charge < -0.3 is 4.90 Å². The normalized spacial score (nSPS) is 14.0. The number of aryl methyl sites for hydroxylation is 1. The molecule has 1 fully saturated rings. The quantitative estimate of drug-likeness (QED) is 0.508. The van der Waals surface area contributed by atoms with E-state index in [-0.39, 0.29) is 11.6 Å². The molecule has 0 saturated carbocycles. The van der Waals surface area contributed by atoms with Crippen LogP contribution in [-0.2, 0) is 0 Å². The second kappa shape index (κ2) is 7.77. The summed E-state index contributed by atoms with van der Waals surface area (Å²) in [4.78, 5) is 25.0. The Balaban J connectivity index is 1.62. The number of nitrogens with one attached hydrogen (secondary N) is 1. The zero-order chi connectivity index (χ0) is 18.5. The van der Waals surface area contributed by atoms with Gasteiger partial charge in [0.2, 0.25) is 0 Å². The maximum atomic E-state index is 12.2. The molecule has 1 saturated heterocycles. The number of amides is 1. The van der Waals surface area contributed by atoms with Gasteiger partial charge in [-0.2, -0.15) is 5.10 Å². The van der Waals surface area contributed by atoms with Crippen molar-refractivity contribution in [2.45, 2.75) is 19.8 Å². The van der Waals surface area contributed by atoms with Gasteiger partial charge in [-0.1, -0.05) is 12.1 Å². The molecule has 0 radical (unpaired) electrons. The van der Waals surface area contributed by atoms with Crippen LogP contribution in [0.2, 0.25) is 0 Å². The SMILES string of the molecule is Cc1ccc(/C=N\NC(=O)c2ccc(N3CCCC3)cc2)cc1[N+](=O)[O-]. The van der Waals surface area contributed by atoms with Crippen molar-refractivity contribution in [1.29, 1.82) is 0 Å². The van der Waals surface area contributed by atoms with Gasteiger partial charge in [-0.05, 0) is 44.0 Å². The number of rotatable bonds is 5. The Bertz CT molecular complexity index is 840. The molecule has 2 aromatic carbocycles. The zero-order valence-electron chi connectivity index (χ0n) is 14.5. The number of hydrogen-bond donors (Lipinski definition) is 1. The van der Waals surface area contributed by atoms with E-state index in [2.05, 4.69) is 15.4 Å². The third kappa shape index (κ3) is 4.05. The molecule has 134 valence electrons. The number of carbonyl (C=O) groups excluding carboxylic acids is 1. The standard InChI is InChI=1S/C19H20N4O3/c1-14-4-5-15(12-18(14)23(25)26)13-20-21-19(24)16-6-8-17(9-7-16)22-10-2-3-11-22/h4-9,12-13H,2-3,10-11H2,1H3,(H,21,24)/b20-13-. The van der Waals surface area contributed by atoms with Crippen molar-refractivity contribution in [3.05, 3.63) is 69.3 Å². The summed E-state index contributed by atoms with van der Waals surface area (Å²) < 4.78 is 0. The highest BCUT2D eigenvalue weighted by Crippen LogP contribution is 2.20. The predicted molar refractivity (Wildman–Crippen MR) is 101 cm³/mol. The van der Waals surface area contributed by atoms with Crippen LogP contribution in [0.4, 0.5) is 11.4 Å². The molecule has 7 nitrogen and oxygen atoms in total. The number of carbonyl (C=O) groups is 1. The largest absolute Gasteiger partial charge is 0.372 e. The summed E-state index contributed by atoms with van der Waals surface area (Å²) in [5, 5.41) is 14.8. The molecule has 1 amide bonds. The van der Waals surface area contributed by atoms with Crippen LogP contribution in [0.5, 0.6) is 0 Å². The fourth-order valence-electron chi connectivity index (χ4n) is 2.93. The van der Waals surface area contributed by atoms with Crippen molar-refractivity contribution in [2.24, 2.45) is 5.10 Å². The Kier molecular flexibility index (Phi) is 5.26. The first-order valence-corrected chi connectivity index (χ1v) is 8.48. The monoisotopic (exact) mass is 352 g/mol. The lowest BCUT2D eigenvalue weighted by molar-refractivity contribution is -0.385. The number of hydrazone groups is 1. The molecule has 7 heteroatoms. The molecular formula is C19H20N4O3. The third-order valence-electron chi connectivity index (χ3n) is 4.41. The first-order chi connectivity index (χ1) is 12.5. The summed E-state index contributed by atoms with van der Waals surface area (Å²) in [6, 6.07) is 12.2. The van der Waals surface area contributed by atoms with Crippen molar-refractivity contribution < 1.29 is 9.72 Å². The maximum Gasteiger partial charge on any atom is 0.272 e. The van der Waals surface area contributed by atoms with E-state index >= 15 is 0 Å². The van der Waals surface area contributed by atoms with E-state index < -0.39 is 4.92 Å². The average molecular weight is 352 g/mol. The number of nitro benzene ring substituents is 1.